The van der Waals surface area contributed by atoms with E-state index in [0.717, 1.165) is 42.4 Å². The predicted molar refractivity (Wildman–Crippen MR) is 173 cm³/mol. The van der Waals surface area contributed by atoms with E-state index in [2.05, 4.69) is 20.0 Å². The summed E-state index contributed by atoms with van der Waals surface area (Å²) < 4.78 is 41.2. The van der Waals surface area contributed by atoms with Crippen LogP contribution in [0.15, 0.2) is 47.4 Å². The lowest BCUT2D eigenvalue weighted by Crippen LogP contribution is -2.62. The van der Waals surface area contributed by atoms with Gasteiger partial charge in [0.25, 0.3) is 15.9 Å². The minimum atomic E-state index is -4.13. The van der Waals surface area contributed by atoms with Crippen LogP contribution in [0, 0.1) is 26.2 Å². The maximum Gasteiger partial charge on any atom is 0.407 e. The molecule has 2 aliphatic carbocycles. The quantitative estimate of drug-likeness (QED) is 0.378. The number of carbonyl (C=O) groups excluding carboxylic acids is 2. The zero-order valence-corrected chi connectivity index (χ0v) is 28.0. The second-order valence-electron chi connectivity index (χ2n) is 13.9. The number of alkyl carbamates (subject to hydrolysis) is 1. The fourth-order valence-corrected chi connectivity index (χ4v) is 7.99. The van der Waals surface area contributed by atoms with Gasteiger partial charge in [-0.15, -0.1) is 0 Å². The third-order valence-electron chi connectivity index (χ3n) is 9.13. The number of carbonyl (C=O) groups is 2. The largest absolute Gasteiger partial charge is 0.475 e. The molecule has 2 N–H and O–H groups in total. The number of nitrogens with one attached hydrogen (secondary N) is 2. The molecule has 12 heteroatoms. The van der Waals surface area contributed by atoms with E-state index >= 15 is 0 Å². The van der Waals surface area contributed by atoms with Crippen LogP contribution in [0.1, 0.15) is 73.5 Å². The van der Waals surface area contributed by atoms with Gasteiger partial charge in [-0.05, 0) is 102 Å². The summed E-state index contributed by atoms with van der Waals surface area (Å²) >= 11 is 0. The van der Waals surface area contributed by atoms with Gasteiger partial charge in [0.15, 0.2) is 0 Å². The average Bonchev–Trinajstić information content (AvgIpc) is 2.92. The zero-order chi connectivity index (χ0) is 33.0. The number of amides is 2. The van der Waals surface area contributed by atoms with Crippen LogP contribution in [0.4, 0.5) is 10.7 Å². The molecule has 3 aromatic rings. The van der Waals surface area contributed by atoms with Crippen LogP contribution >= 0.6 is 0 Å². The van der Waals surface area contributed by atoms with Crippen LogP contribution < -0.4 is 14.8 Å². The summed E-state index contributed by atoms with van der Waals surface area (Å²) in [6.45, 7) is 11.8. The molecule has 0 atom stereocenters. The fraction of sp³-hybridized carbons (Fsp3) is 0.471. The number of hydrogen-bond donors (Lipinski definition) is 2. The molecule has 2 heterocycles. The number of aromatic nitrogens is 2. The standard InChI is InChI=1S/C34H41N5O6S/c1-20-9-7-10-21(2)27(20)28-22(3)29-37-31(36-28)38-46(42,43)26-12-8-11-23(15-26)30(40)39(13-14-44-29)25-18-34(19-25)16-24(17-34)35-32(41)45-33(4,5)6/h7-12,15,24-25H,13-14,16-19H2,1-6H3,(H,35,41)(H,36,37,38). The van der Waals surface area contributed by atoms with Crippen molar-refractivity contribution in [2.24, 2.45) is 5.41 Å². The summed E-state index contributed by atoms with van der Waals surface area (Å²) in [5.41, 5.74) is 3.89. The first-order chi connectivity index (χ1) is 21.6. The minimum Gasteiger partial charge on any atom is -0.475 e. The van der Waals surface area contributed by atoms with Gasteiger partial charge in [-0.3, -0.25) is 4.79 Å². The van der Waals surface area contributed by atoms with Crippen molar-refractivity contribution in [1.82, 2.24) is 20.2 Å². The van der Waals surface area contributed by atoms with Crippen molar-refractivity contribution >= 4 is 28.0 Å². The van der Waals surface area contributed by atoms with E-state index in [1.165, 1.54) is 12.1 Å². The SMILES string of the molecule is Cc1cccc(C)c1-c1nc2nc(c1C)OCCN(C1CC3(CC(NC(=O)OC(C)(C)C)C3)C1)C(=O)c1cccc(c1)S(=O)(=O)N2. The predicted octanol–water partition coefficient (Wildman–Crippen LogP) is 5.54. The number of sulfonamides is 1. The van der Waals surface area contributed by atoms with Crippen molar-refractivity contribution in [3.8, 4) is 17.1 Å². The Hall–Kier alpha value is -4.19. The van der Waals surface area contributed by atoms with Crippen molar-refractivity contribution in [3.05, 3.63) is 64.7 Å². The number of ether oxygens (including phenoxy) is 2. The molecule has 11 nitrogen and oxygen atoms in total. The molecular weight excluding hydrogens is 606 g/mol. The number of aryl methyl sites for hydroxylation is 2. The summed E-state index contributed by atoms with van der Waals surface area (Å²) in [5.74, 6) is -0.108. The fourth-order valence-electron chi connectivity index (χ4n) is 7.00. The summed E-state index contributed by atoms with van der Waals surface area (Å²) in [4.78, 5) is 37.0. The van der Waals surface area contributed by atoms with Gasteiger partial charge in [0.05, 0.1) is 17.1 Å². The van der Waals surface area contributed by atoms with Crippen LogP contribution in [0.2, 0.25) is 0 Å². The average molecular weight is 648 g/mol. The van der Waals surface area contributed by atoms with Gasteiger partial charge in [-0.2, -0.15) is 4.98 Å². The molecule has 2 aromatic carbocycles. The summed E-state index contributed by atoms with van der Waals surface area (Å²) in [7, 11) is -4.13. The maximum atomic E-state index is 13.9. The van der Waals surface area contributed by atoms with Gasteiger partial charge < -0.3 is 19.7 Å². The highest BCUT2D eigenvalue weighted by molar-refractivity contribution is 7.92. The van der Waals surface area contributed by atoms with Gasteiger partial charge in [0.2, 0.25) is 11.8 Å². The van der Waals surface area contributed by atoms with Gasteiger partial charge in [0.1, 0.15) is 12.2 Å². The smallest absolute Gasteiger partial charge is 0.407 e. The Morgan fingerprint density at radius 3 is 2.39 bits per heavy atom. The molecule has 6 rings (SSSR count). The Labute approximate surface area is 270 Å². The first-order valence-corrected chi connectivity index (χ1v) is 17.1. The molecule has 0 radical (unpaired) electrons. The highest BCUT2D eigenvalue weighted by atomic mass is 32.2. The number of hydrogen-bond acceptors (Lipinski definition) is 8. The van der Waals surface area contributed by atoms with Crippen molar-refractivity contribution in [2.75, 3.05) is 17.9 Å². The van der Waals surface area contributed by atoms with Crippen LogP contribution in [0.5, 0.6) is 5.88 Å². The Balaban J connectivity index is 1.27. The van der Waals surface area contributed by atoms with Crippen molar-refractivity contribution < 1.29 is 27.5 Å². The molecule has 2 amide bonds. The number of fused-ring (bicyclic) bond motifs is 4. The van der Waals surface area contributed by atoms with Gasteiger partial charge in [0, 0.05) is 28.8 Å². The lowest BCUT2D eigenvalue weighted by molar-refractivity contribution is -0.0663. The van der Waals surface area contributed by atoms with Crippen molar-refractivity contribution in [3.63, 3.8) is 0 Å². The molecule has 1 aromatic heterocycles. The van der Waals surface area contributed by atoms with Crippen LogP contribution in [0.3, 0.4) is 0 Å². The summed E-state index contributed by atoms with van der Waals surface area (Å²) in [6.07, 6.45) is 2.81. The molecular formula is C34H41N5O6S. The van der Waals surface area contributed by atoms with Crippen molar-refractivity contribution in [2.45, 2.75) is 89.8 Å². The second kappa shape index (κ2) is 11.6. The molecule has 1 aliphatic heterocycles. The van der Waals surface area contributed by atoms with Crippen LogP contribution in [0.25, 0.3) is 11.3 Å². The molecule has 1 spiro atoms. The molecule has 4 bridgehead atoms. The van der Waals surface area contributed by atoms with Gasteiger partial charge in [-0.25, -0.2) is 22.9 Å². The molecule has 2 fully saturated rings. The van der Waals surface area contributed by atoms with Gasteiger partial charge in [-0.1, -0.05) is 24.3 Å². The topological polar surface area (TPSA) is 140 Å². The Morgan fingerprint density at radius 1 is 1.04 bits per heavy atom. The van der Waals surface area contributed by atoms with Crippen LogP contribution in [-0.4, -0.2) is 66.1 Å². The van der Waals surface area contributed by atoms with Crippen molar-refractivity contribution in [1.29, 1.82) is 0 Å². The molecule has 0 unspecified atom stereocenters. The highest BCUT2D eigenvalue weighted by Crippen LogP contribution is 2.57. The number of rotatable bonds is 3. The lowest BCUT2D eigenvalue weighted by Gasteiger charge is -2.59. The normalized spacial score (nSPS) is 23.8. The maximum absolute atomic E-state index is 13.9. The molecule has 46 heavy (non-hydrogen) atoms. The monoisotopic (exact) mass is 647 g/mol. The minimum absolute atomic E-state index is 0.0419. The highest BCUT2D eigenvalue weighted by Gasteiger charge is 2.55. The summed E-state index contributed by atoms with van der Waals surface area (Å²) in [5, 5.41) is 2.96. The van der Waals surface area contributed by atoms with E-state index < -0.39 is 21.7 Å². The summed E-state index contributed by atoms with van der Waals surface area (Å²) in [6, 6.07) is 12.0. The lowest BCUT2D eigenvalue weighted by atomic mass is 9.51. The number of nitrogens with zero attached hydrogens (tertiary/aromatic N) is 3. The van der Waals surface area contributed by atoms with E-state index in [-0.39, 0.29) is 52.3 Å². The molecule has 244 valence electrons. The number of anilines is 1. The third kappa shape index (κ3) is 6.27. The Bertz CT molecular complexity index is 1780. The van der Waals surface area contributed by atoms with E-state index in [1.54, 1.807) is 17.0 Å². The molecule has 0 saturated heterocycles. The third-order valence-corrected chi connectivity index (χ3v) is 10.5. The van der Waals surface area contributed by atoms with Gasteiger partial charge >= 0.3 is 6.09 Å². The Morgan fingerprint density at radius 2 is 1.72 bits per heavy atom. The van der Waals surface area contributed by atoms with E-state index in [1.807, 2.05) is 59.7 Å². The van der Waals surface area contributed by atoms with Crippen LogP contribution in [-0.2, 0) is 14.8 Å². The first kappa shape index (κ1) is 31.8. The Kier molecular flexibility index (Phi) is 7.98. The number of benzene rings is 2. The zero-order valence-electron chi connectivity index (χ0n) is 27.1. The molecule has 3 aliphatic rings. The van der Waals surface area contributed by atoms with E-state index in [4.69, 9.17) is 9.47 Å². The first-order valence-electron chi connectivity index (χ1n) is 15.6. The molecule has 2 saturated carbocycles. The van der Waals surface area contributed by atoms with E-state index in [0.29, 0.717) is 17.8 Å². The second-order valence-corrected chi connectivity index (χ2v) is 15.6. The van der Waals surface area contributed by atoms with E-state index in [9.17, 15) is 18.0 Å².